The van der Waals surface area contributed by atoms with E-state index in [2.05, 4.69) is 22.5 Å². The number of amides is 1. The quantitative estimate of drug-likeness (QED) is 0.769. The molecule has 0 bridgehead atoms. The molecule has 0 radical (unpaired) electrons. The number of hydrogen-bond acceptors (Lipinski definition) is 4. The fourth-order valence-electron chi connectivity index (χ4n) is 2.39. The largest absolute Gasteiger partial charge is 0.393 e. The van der Waals surface area contributed by atoms with E-state index < -0.39 is 0 Å². The number of pyridine rings is 1. The van der Waals surface area contributed by atoms with E-state index in [0.29, 0.717) is 5.69 Å². The fraction of sp³-hybridized carbons (Fsp3) is 0.600. The van der Waals surface area contributed by atoms with Crippen LogP contribution in [-0.2, 0) is 0 Å². The van der Waals surface area contributed by atoms with Gasteiger partial charge < -0.3 is 15.7 Å². The third-order valence-corrected chi connectivity index (χ3v) is 3.57. The topological polar surface area (TPSA) is 74.2 Å². The number of nitrogens with one attached hydrogen (secondary N) is 2. The van der Waals surface area contributed by atoms with Crippen LogP contribution in [0.5, 0.6) is 0 Å². The molecule has 1 aliphatic carbocycles. The molecule has 0 aromatic carbocycles. The molecule has 1 fully saturated rings. The maximum atomic E-state index is 12.2. The van der Waals surface area contributed by atoms with Crippen LogP contribution in [0.4, 0.5) is 5.82 Å². The maximum absolute atomic E-state index is 12.2. The van der Waals surface area contributed by atoms with Crippen LogP contribution in [0.1, 0.15) is 49.5 Å². The summed E-state index contributed by atoms with van der Waals surface area (Å²) in [4.78, 5) is 16.5. The van der Waals surface area contributed by atoms with Crippen molar-refractivity contribution in [2.24, 2.45) is 0 Å². The lowest BCUT2D eigenvalue weighted by Crippen LogP contribution is -2.38. The molecule has 0 spiro atoms. The minimum atomic E-state index is -0.206. The first-order valence-corrected chi connectivity index (χ1v) is 7.39. The van der Waals surface area contributed by atoms with Gasteiger partial charge >= 0.3 is 0 Å². The summed E-state index contributed by atoms with van der Waals surface area (Å²) in [5, 5.41) is 15.6. The second-order valence-electron chi connectivity index (χ2n) is 5.31. The Morgan fingerprint density at radius 1 is 1.35 bits per heavy atom. The van der Waals surface area contributed by atoms with Gasteiger partial charge in [-0.3, -0.25) is 4.79 Å². The predicted molar refractivity (Wildman–Crippen MR) is 78.7 cm³/mol. The summed E-state index contributed by atoms with van der Waals surface area (Å²) in [5.41, 5.74) is 0.442. The zero-order valence-electron chi connectivity index (χ0n) is 11.9. The summed E-state index contributed by atoms with van der Waals surface area (Å²) < 4.78 is 0. The summed E-state index contributed by atoms with van der Waals surface area (Å²) >= 11 is 0. The minimum absolute atomic E-state index is 0.133. The smallest absolute Gasteiger partial charge is 0.270 e. The molecule has 0 aliphatic heterocycles. The predicted octanol–water partition coefficient (Wildman–Crippen LogP) is 1.94. The van der Waals surface area contributed by atoms with Crippen molar-refractivity contribution in [2.75, 3.05) is 11.9 Å². The Bertz CT molecular complexity index is 442. The van der Waals surface area contributed by atoms with Crippen molar-refractivity contribution in [3.05, 3.63) is 23.9 Å². The number of aliphatic hydroxyl groups is 1. The van der Waals surface area contributed by atoms with Crippen molar-refractivity contribution >= 4 is 11.7 Å². The lowest BCUT2D eigenvalue weighted by atomic mass is 9.93. The van der Waals surface area contributed by atoms with Gasteiger partial charge in [0.2, 0.25) is 0 Å². The van der Waals surface area contributed by atoms with E-state index in [0.717, 1.165) is 44.5 Å². The van der Waals surface area contributed by atoms with Crippen molar-refractivity contribution in [3.63, 3.8) is 0 Å². The number of nitrogens with zero attached hydrogens (tertiary/aromatic N) is 1. The lowest BCUT2D eigenvalue weighted by molar-refractivity contribution is 0.0863. The van der Waals surface area contributed by atoms with Gasteiger partial charge in [0.05, 0.1) is 6.10 Å². The highest BCUT2D eigenvalue weighted by molar-refractivity contribution is 5.92. The van der Waals surface area contributed by atoms with Gasteiger partial charge in [-0.05, 0) is 44.2 Å². The van der Waals surface area contributed by atoms with Gasteiger partial charge in [-0.15, -0.1) is 0 Å². The van der Waals surface area contributed by atoms with Gasteiger partial charge in [0.25, 0.3) is 5.91 Å². The van der Waals surface area contributed by atoms with Crippen LogP contribution in [0, 0.1) is 0 Å². The van der Waals surface area contributed by atoms with E-state index in [4.69, 9.17) is 0 Å². The molecule has 110 valence electrons. The summed E-state index contributed by atoms with van der Waals surface area (Å²) in [7, 11) is 0. The van der Waals surface area contributed by atoms with Crippen LogP contribution in [0.2, 0.25) is 0 Å². The number of carbonyl (C=O) groups is 1. The lowest BCUT2D eigenvalue weighted by Gasteiger charge is -2.26. The first-order valence-electron chi connectivity index (χ1n) is 7.39. The van der Waals surface area contributed by atoms with E-state index in [-0.39, 0.29) is 18.1 Å². The van der Waals surface area contributed by atoms with Gasteiger partial charge in [0, 0.05) is 12.6 Å². The average Bonchev–Trinajstić information content (AvgIpc) is 2.48. The molecule has 1 amide bonds. The van der Waals surface area contributed by atoms with Gasteiger partial charge in [-0.1, -0.05) is 13.0 Å². The Morgan fingerprint density at radius 2 is 2.10 bits per heavy atom. The second-order valence-corrected chi connectivity index (χ2v) is 5.31. The van der Waals surface area contributed by atoms with Gasteiger partial charge in [0.15, 0.2) is 0 Å². The Morgan fingerprint density at radius 3 is 2.80 bits per heavy atom. The highest BCUT2D eigenvalue weighted by Gasteiger charge is 2.21. The van der Waals surface area contributed by atoms with E-state index in [1.807, 2.05) is 12.1 Å². The molecule has 0 unspecified atom stereocenters. The van der Waals surface area contributed by atoms with E-state index >= 15 is 0 Å². The Kier molecular flexibility index (Phi) is 5.35. The Hall–Kier alpha value is -1.62. The summed E-state index contributed by atoms with van der Waals surface area (Å²) in [5.74, 6) is 0.602. The SMILES string of the molecule is CCCNc1cccc(C(=O)NC2CCC(O)CC2)n1. The normalized spacial score (nSPS) is 22.3. The van der Waals surface area contributed by atoms with Crippen LogP contribution in [0.15, 0.2) is 18.2 Å². The Balaban J connectivity index is 1.91. The highest BCUT2D eigenvalue weighted by Crippen LogP contribution is 2.18. The summed E-state index contributed by atoms with van der Waals surface area (Å²) in [6.45, 7) is 2.93. The third kappa shape index (κ3) is 4.20. The molecular weight excluding hydrogens is 254 g/mol. The summed E-state index contributed by atoms with van der Waals surface area (Å²) in [6.07, 6.45) is 4.00. The third-order valence-electron chi connectivity index (χ3n) is 3.57. The van der Waals surface area contributed by atoms with Crippen LogP contribution in [0.3, 0.4) is 0 Å². The van der Waals surface area contributed by atoms with Crippen molar-refractivity contribution in [2.45, 2.75) is 51.2 Å². The summed E-state index contributed by atoms with van der Waals surface area (Å²) in [6, 6.07) is 5.58. The van der Waals surface area contributed by atoms with Gasteiger partial charge in [0.1, 0.15) is 11.5 Å². The molecule has 5 nitrogen and oxygen atoms in total. The number of anilines is 1. The number of rotatable bonds is 5. The van der Waals surface area contributed by atoms with Crippen LogP contribution in [-0.4, -0.2) is 34.7 Å². The van der Waals surface area contributed by atoms with Gasteiger partial charge in [-0.25, -0.2) is 4.98 Å². The highest BCUT2D eigenvalue weighted by atomic mass is 16.3. The van der Waals surface area contributed by atoms with Crippen LogP contribution >= 0.6 is 0 Å². The molecule has 1 saturated carbocycles. The first-order chi connectivity index (χ1) is 9.69. The van der Waals surface area contributed by atoms with Crippen molar-refractivity contribution in [3.8, 4) is 0 Å². The zero-order chi connectivity index (χ0) is 14.4. The Labute approximate surface area is 119 Å². The number of carbonyl (C=O) groups excluding carboxylic acids is 1. The number of hydrogen-bond donors (Lipinski definition) is 3. The zero-order valence-corrected chi connectivity index (χ0v) is 11.9. The van der Waals surface area contributed by atoms with Crippen molar-refractivity contribution in [1.82, 2.24) is 10.3 Å². The van der Waals surface area contributed by atoms with Crippen molar-refractivity contribution in [1.29, 1.82) is 0 Å². The number of aliphatic hydroxyl groups excluding tert-OH is 1. The fourth-order valence-corrected chi connectivity index (χ4v) is 2.39. The minimum Gasteiger partial charge on any atom is -0.393 e. The molecule has 0 atom stereocenters. The molecule has 1 aliphatic rings. The van der Waals surface area contributed by atoms with Crippen molar-refractivity contribution < 1.29 is 9.90 Å². The number of aromatic nitrogens is 1. The van der Waals surface area contributed by atoms with Crippen LogP contribution in [0.25, 0.3) is 0 Å². The van der Waals surface area contributed by atoms with E-state index in [9.17, 15) is 9.90 Å². The molecule has 2 rings (SSSR count). The molecule has 1 aromatic rings. The van der Waals surface area contributed by atoms with Gasteiger partial charge in [-0.2, -0.15) is 0 Å². The molecule has 1 aromatic heterocycles. The second kappa shape index (κ2) is 7.24. The van der Waals surface area contributed by atoms with E-state index in [1.165, 1.54) is 0 Å². The maximum Gasteiger partial charge on any atom is 0.270 e. The monoisotopic (exact) mass is 277 g/mol. The molecule has 3 N–H and O–H groups in total. The standard InChI is InChI=1S/C15H23N3O2/c1-2-10-16-14-5-3-4-13(18-14)15(20)17-11-6-8-12(19)9-7-11/h3-5,11-12,19H,2,6-10H2,1H3,(H,16,18)(H,17,20). The molecular formula is C15H23N3O2. The molecule has 20 heavy (non-hydrogen) atoms. The molecule has 5 heteroatoms. The molecule has 1 heterocycles. The van der Waals surface area contributed by atoms with Crippen LogP contribution < -0.4 is 10.6 Å². The molecule has 0 saturated heterocycles. The van der Waals surface area contributed by atoms with E-state index in [1.54, 1.807) is 6.07 Å². The average molecular weight is 277 g/mol. The first kappa shape index (κ1) is 14.8.